The fourth-order valence-electron chi connectivity index (χ4n) is 3.85. The normalized spacial score (nSPS) is 14.0. The Morgan fingerprint density at radius 3 is 2.78 bits per heavy atom. The van der Waals surface area contributed by atoms with E-state index in [-0.39, 0.29) is 36.3 Å². The Kier molecular flexibility index (Phi) is 6.75. The minimum absolute atomic E-state index is 0.105. The second-order valence-corrected chi connectivity index (χ2v) is 7.76. The molecule has 0 radical (unpaired) electrons. The van der Waals surface area contributed by atoms with E-state index in [1.165, 1.54) is 25.3 Å². The first-order valence-electron chi connectivity index (χ1n) is 10.5. The summed E-state index contributed by atoms with van der Waals surface area (Å²) in [6.45, 7) is 3.19. The molecular weight excluding hydrogens is 416 g/mol. The number of benzene rings is 2. The minimum Gasteiger partial charge on any atom is -0.494 e. The topological polar surface area (TPSA) is 72.3 Å². The van der Waals surface area contributed by atoms with Gasteiger partial charge in [-0.15, -0.1) is 10.2 Å². The third kappa shape index (κ3) is 5.28. The average molecular weight is 441 g/mol. The number of halogens is 2. The number of hydrogen-bond donors (Lipinski definition) is 1. The van der Waals surface area contributed by atoms with E-state index in [1.54, 1.807) is 24.3 Å². The summed E-state index contributed by atoms with van der Waals surface area (Å²) >= 11 is 0. The van der Waals surface area contributed by atoms with Gasteiger partial charge in [0.1, 0.15) is 11.6 Å². The molecule has 0 fully saturated rings. The number of aromatic nitrogens is 3. The highest BCUT2D eigenvalue weighted by molar-refractivity contribution is 5.78. The van der Waals surface area contributed by atoms with Gasteiger partial charge in [-0.25, -0.2) is 8.78 Å². The number of fused-ring (bicyclic) bond motifs is 1. The van der Waals surface area contributed by atoms with Gasteiger partial charge in [0, 0.05) is 32.6 Å². The van der Waals surface area contributed by atoms with Crippen LogP contribution in [0.25, 0.3) is 0 Å². The molecule has 1 amide bonds. The lowest BCUT2D eigenvalue weighted by molar-refractivity contribution is -0.120. The van der Waals surface area contributed by atoms with Crippen LogP contribution in [0.5, 0.6) is 5.75 Å². The second kappa shape index (κ2) is 9.86. The third-order valence-electron chi connectivity index (χ3n) is 5.51. The Hall–Kier alpha value is -3.33. The molecule has 2 aromatic carbocycles. The van der Waals surface area contributed by atoms with Crippen molar-refractivity contribution in [1.29, 1.82) is 0 Å². The molecule has 168 valence electrons. The molecule has 0 saturated carbocycles. The maximum Gasteiger partial charge on any atom is 0.224 e. The van der Waals surface area contributed by atoms with Gasteiger partial charge < -0.3 is 14.6 Å². The molecule has 1 aliphatic heterocycles. The van der Waals surface area contributed by atoms with E-state index in [0.29, 0.717) is 24.5 Å². The van der Waals surface area contributed by atoms with Gasteiger partial charge in [-0.3, -0.25) is 9.69 Å². The number of nitrogens with one attached hydrogen (secondary N) is 1. The molecule has 2 heterocycles. The van der Waals surface area contributed by atoms with Crippen molar-refractivity contribution in [3.05, 3.63) is 76.9 Å². The van der Waals surface area contributed by atoms with Crippen LogP contribution in [0.1, 0.15) is 22.8 Å². The molecule has 0 bridgehead atoms. The van der Waals surface area contributed by atoms with Crippen LogP contribution in [-0.2, 0) is 37.3 Å². The predicted octanol–water partition coefficient (Wildman–Crippen LogP) is 2.48. The first-order chi connectivity index (χ1) is 15.5. The highest BCUT2D eigenvalue weighted by Crippen LogP contribution is 2.20. The number of hydrogen-bond acceptors (Lipinski definition) is 5. The Morgan fingerprint density at radius 2 is 1.97 bits per heavy atom. The summed E-state index contributed by atoms with van der Waals surface area (Å²) in [5, 5.41) is 11.4. The number of methoxy groups -OCH3 is 1. The lowest BCUT2D eigenvalue weighted by Gasteiger charge is -2.20. The van der Waals surface area contributed by atoms with Gasteiger partial charge in [0.25, 0.3) is 0 Å². The summed E-state index contributed by atoms with van der Waals surface area (Å²) in [7, 11) is 1.46. The number of amides is 1. The van der Waals surface area contributed by atoms with Crippen LogP contribution < -0.4 is 10.1 Å². The van der Waals surface area contributed by atoms with Crippen LogP contribution in [0.4, 0.5) is 8.78 Å². The minimum atomic E-state index is -0.373. The largest absolute Gasteiger partial charge is 0.494 e. The monoisotopic (exact) mass is 441 g/mol. The lowest BCUT2D eigenvalue weighted by Crippen LogP contribution is -2.28. The molecule has 9 heteroatoms. The highest BCUT2D eigenvalue weighted by atomic mass is 19.1. The van der Waals surface area contributed by atoms with Crippen molar-refractivity contribution in [1.82, 2.24) is 25.0 Å². The number of rotatable bonds is 7. The van der Waals surface area contributed by atoms with Crippen molar-refractivity contribution >= 4 is 5.91 Å². The van der Waals surface area contributed by atoms with Gasteiger partial charge >= 0.3 is 0 Å². The van der Waals surface area contributed by atoms with Crippen LogP contribution in [-0.4, -0.2) is 45.8 Å². The zero-order valence-corrected chi connectivity index (χ0v) is 17.9. The molecule has 1 aromatic heterocycles. The van der Waals surface area contributed by atoms with E-state index in [0.717, 1.165) is 30.9 Å². The molecular formula is C23H25F2N5O2. The Labute approximate surface area is 185 Å². The molecule has 0 atom stereocenters. The summed E-state index contributed by atoms with van der Waals surface area (Å²) in [6.07, 6.45) is 0.830. The summed E-state index contributed by atoms with van der Waals surface area (Å²) in [5.74, 6) is 0.875. The number of nitrogens with zero attached hydrogens (tertiary/aromatic N) is 4. The number of carbonyl (C=O) groups excluding carboxylic acids is 1. The maximum absolute atomic E-state index is 13.7. The zero-order valence-electron chi connectivity index (χ0n) is 17.9. The number of carbonyl (C=O) groups is 1. The standard InChI is InChI=1S/C23H25F2N5O2/c1-32-20-12-17(5-6-19(20)25)15-29-8-7-21-27-28-22(30(21)10-9-29)14-26-23(31)13-16-3-2-4-18(24)11-16/h2-6,11-12H,7-10,13-15H2,1H3,(H,26,31). The van der Waals surface area contributed by atoms with Crippen molar-refractivity contribution in [2.75, 3.05) is 20.2 Å². The summed E-state index contributed by atoms with van der Waals surface area (Å²) in [6, 6.07) is 10.9. The average Bonchev–Trinajstić information content (AvgIpc) is 3.06. The fourth-order valence-corrected chi connectivity index (χ4v) is 3.85. The molecule has 0 spiro atoms. The molecule has 7 nitrogen and oxygen atoms in total. The number of ether oxygens (including phenoxy) is 1. The Balaban J connectivity index is 1.33. The maximum atomic E-state index is 13.7. The van der Waals surface area contributed by atoms with Crippen molar-refractivity contribution in [2.24, 2.45) is 0 Å². The molecule has 4 rings (SSSR count). The Bertz CT molecular complexity index is 1100. The van der Waals surface area contributed by atoms with E-state index in [4.69, 9.17) is 4.74 Å². The van der Waals surface area contributed by atoms with Crippen molar-refractivity contribution in [3.63, 3.8) is 0 Å². The van der Waals surface area contributed by atoms with Crippen LogP contribution in [0.2, 0.25) is 0 Å². The van der Waals surface area contributed by atoms with E-state index < -0.39 is 0 Å². The van der Waals surface area contributed by atoms with E-state index >= 15 is 0 Å². The van der Waals surface area contributed by atoms with Crippen LogP contribution in [0, 0.1) is 11.6 Å². The first kappa shape index (κ1) is 21.9. The van der Waals surface area contributed by atoms with E-state index in [9.17, 15) is 13.6 Å². The summed E-state index contributed by atoms with van der Waals surface area (Å²) in [5.41, 5.74) is 1.60. The highest BCUT2D eigenvalue weighted by Gasteiger charge is 2.19. The van der Waals surface area contributed by atoms with Crippen LogP contribution in [0.3, 0.4) is 0 Å². The quantitative estimate of drug-likeness (QED) is 0.610. The zero-order chi connectivity index (χ0) is 22.5. The summed E-state index contributed by atoms with van der Waals surface area (Å²) in [4.78, 5) is 14.5. The lowest BCUT2D eigenvalue weighted by atomic mass is 10.1. The molecule has 1 N–H and O–H groups in total. The van der Waals surface area contributed by atoms with Gasteiger partial charge in [0.05, 0.1) is 20.1 Å². The van der Waals surface area contributed by atoms with Crippen molar-refractivity contribution < 1.29 is 18.3 Å². The molecule has 0 unspecified atom stereocenters. The SMILES string of the molecule is COc1cc(CN2CCc3nnc(CNC(=O)Cc4cccc(F)c4)n3CC2)ccc1F. The molecule has 0 aliphatic carbocycles. The Morgan fingerprint density at radius 1 is 1.09 bits per heavy atom. The van der Waals surface area contributed by atoms with Crippen LogP contribution >= 0.6 is 0 Å². The summed E-state index contributed by atoms with van der Waals surface area (Å²) < 4.78 is 34.1. The van der Waals surface area contributed by atoms with E-state index in [2.05, 4.69) is 20.4 Å². The van der Waals surface area contributed by atoms with Gasteiger partial charge in [0.2, 0.25) is 5.91 Å². The van der Waals surface area contributed by atoms with E-state index in [1.807, 2.05) is 4.57 Å². The smallest absolute Gasteiger partial charge is 0.224 e. The van der Waals surface area contributed by atoms with Crippen LogP contribution in [0.15, 0.2) is 42.5 Å². The van der Waals surface area contributed by atoms with Crippen molar-refractivity contribution in [2.45, 2.75) is 32.5 Å². The molecule has 3 aromatic rings. The van der Waals surface area contributed by atoms with Gasteiger partial charge in [-0.1, -0.05) is 18.2 Å². The fraction of sp³-hybridized carbons (Fsp3) is 0.348. The molecule has 0 saturated heterocycles. The molecule has 1 aliphatic rings. The molecule has 32 heavy (non-hydrogen) atoms. The van der Waals surface area contributed by atoms with Crippen molar-refractivity contribution in [3.8, 4) is 5.75 Å². The third-order valence-corrected chi connectivity index (χ3v) is 5.51. The second-order valence-electron chi connectivity index (χ2n) is 7.76. The van der Waals surface area contributed by atoms with Gasteiger partial charge in [-0.2, -0.15) is 0 Å². The predicted molar refractivity (Wildman–Crippen MR) is 114 cm³/mol. The van der Waals surface area contributed by atoms with Gasteiger partial charge in [0.15, 0.2) is 17.4 Å². The van der Waals surface area contributed by atoms with Gasteiger partial charge in [-0.05, 0) is 35.4 Å². The first-order valence-corrected chi connectivity index (χ1v) is 10.5.